The number of halogens is 1. The molecule has 1 unspecified atom stereocenters. The number of carbonyl (C=O) groups excluding carboxylic acids is 2. The van der Waals surface area contributed by atoms with E-state index in [1.807, 2.05) is 13.8 Å². The Bertz CT molecular complexity index is 1190. The van der Waals surface area contributed by atoms with E-state index < -0.39 is 11.4 Å². The average molecular weight is 437 g/mol. The molecule has 0 bridgehead atoms. The van der Waals surface area contributed by atoms with Gasteiger partial charge in [-0.25, -0.2) is 9.37 Å². The van der Waals surface area contributed by atoms with Gasteiger partial charge in [0.25, 0.3) is 11.8 Å². The molecule has 166 valence electrons. The van der Waals surface area contributed by atoms with E-state index >= 15 is 0 Å². The zero-order valence-corrected chi connectivity index (χ0v) is 17.9. The van der Waals surface area contributed by atoms with Gasteiger partial charge in [0, 0.05) is 42.4 Å². The average Bonchev–Trinajstić information content (AvgIpc) is 3.38. The number of rotatable bonds is 3. The van der Waals surface area contributed by atoms with Crippen LogP contribution in [0.3, 0.4) is 0 Å². The Morgan fingerprint density at radius 1 is 1.09 bits per heavy atom. The van der Waals surface area contributed by atoms with Gasteiger partial charge < -0.3 is 19.3 Å². The molecule has 0 spiro atoms. The van der Waals surface area contributed by atoms with Gasteiger partial charge in [-0.15, -0.1) is 0 Å². The van der Waals surface area contributed by atoms with Crippen molar-refractivity contribution in [1.82, 2.24) is 14.8 Å². The minimum Gasteiger partial charge on any atom is -0.436 e. The van der Waals surface area contributed by atoms with Crippen molar-refractivity contribution in [2.24, 2.45) is 0 Å². The number of oxazole rings is 1. The van der Waals surface area contributed by atoms with Gasteiger partial charge in [0.1, 0.15) is 16.9 Å². The number of piperazine rings is 1. The summed E-state index contributed by atoms with van der Waals surface area (Å²) in [5.74, 6) is -0.381. The number of carbonyl (C=O) groups is 2. The first-order valence-electron chi connectivity index (χ1n) is 10.8. The summed E-state index contributed by atoms with van der Waals surface area (Å²) in [4.78, 5) is 33.6. The van der Waals surface area contributed by atoms with Crippen molar-refractivity contribution >= 4 is 22.9 Å². The Hall–Kier alpha value is -3.26. The van der Waals surface area contributed by atoms with E-state index in [0.29, 0.717) is 54.0 Å². The molecule has 2 aliphatic rings. The van der Waals surface area contributed by atoms with Crippen LogP contribution in [0.15, 0.2) is 46.9 Å². The van der Waals surface area contributed by atoms with Crippen molar-refractivity contribution in [2.45, 2.75) is 44.4 Å². The minimum atomic E-state index is -1.21. The molecule has 8 heteroatoms. The summed E-state index contributed by atoms with van der Waals surface area (Å²) in [7, 11) is 0. The zero-order valence-electron chi connectivity index (χ0n) is 17.9. The molecular formula is C24H24FN3O4. The fourth-order valence-electron chi connectivity index (χ4n) is 4.42. The summed E-state index contributed by atoms with van der Waals surface area (Å²) in [5, 5.41) is 10.2. The molecule has 7 nitrogen and oxygen atoms in total. The number of amides is 2. The van der Waals surface area contributed by atoms with E-state index in [1.165, 1.54) is 12.1 Å². The van der Waals surface area contributed by atoms with Crippen molar-refractivity contribution in [3.63, 3.8) is 0 Å². The molecule has 2 fully saturated rings. The number of aliphatic hydroxyl groups is 1. The van der Waals surface area contributed by atoms with Crippen molar-refractivity contribution in [1.29, 1.82) is 0 Å². The highest BCUT2D eigenvalue weighted by molar-refractivity contribution is 5.95. The Labute approximate surface area is 184 Å². The molecule has 1 saturated carbocycles. The first-order chi connectivity index (χ1) is 15.2. The third-order valence-corrected chi connectivity index (χ3v) is 6.29. The highest BCUT2D eigenvalue weighted by Crippen LogP contribution is 2.38. The first kappa shape index (κ1) is 20.6. The number of benzene rings is 2. The van der Waals surface area contributed by atoms with Crippen molar-refractivity contribution in [3.8, 4) is 11.5 Å². The molecule has 1 aromatic heterocycles. The summed E-state index contributed by atoms with van der Waals surface area (Å²) in [6, 6.07) is 10.8. The molecule has 1 aliphatic heterocycles. The summed E-state index contributed by atoms with van der Waals surface area (Å²) < 4.78 is 19.0. The Morgan fingerprint density at radius 3 is 2.38 bits per heavy atom. The third-order valence-electron chi connectivity index (χ3n) is 6.29. The largest absolute Gasteiger partial charge is 0.436 e. The summed E-state index contributed by atoms with van der Waals surface area (Å²) in [6.07, 6.45) is 1.01. The van der Waals surface area contributed by atoms with E-state index in [0.717, 1.165) is 0 Å². The van der Waals surface area contributed by atoms with Gasteiger partial charge in [-0.2, -0.15) is 0 Å². The summed E-state index contributed by atoms with van der Waals surface area (Å²) in [6.45, 7) is 4.62. The lowest BCUT2D eigenvalue weighted by atomic mass is 10.0. The van der Waals surface area contributed by atoms with Crippen LogP contribution in [0.2, 0.25) is 0 Å². The molecule has 32 heavy (non-hydrogen) atoms. The van der Waals surface area contributed by atoms with Crippen LogP contribution in [0, 0.1) is 5.82 Å². The molecule has 1 aliphatic carbocycles. The van der Waals surface area contributed by atoms with E-state index in [1.54, 1.807) is 40.1 Å². The molecule has 5 rings (SSSR count). The Balaban J connectivity index is 1.31. The minimum absolute atomic E-state index is 0.118. The molecule has 2 atom stereocenters. The van der Waals surface area contributed by atoms with Gasteiger partial charge in [-0.3, -0.25) is 9.59 Å². The molecular weight excluding hydrogens is 413 g/mol. The van der Waals surface area contributed by atoms with Gasteiger partial charge in [-0.05, 0) is 63.1 Å². The molecule has 2 aromatic carbocycles. The fraction of sp³-hybridized carbons (Fsp3) is 0.375. The predicted molar refractivity (Wildman–Crippen MR) is 115 cm³/mol. The van der Waals surface area contributed by atoms with Gasteiger partial charge in [0.15, 0.2) is 5.58 Å². The van der Waals surface area contributed by atoms with Crippen molar-refractivity contribution in [2.75, 3.05) is 13.1 Å². The second-order valence-electron chi connectivity index (χ2n) is 8.86. The molecule has 1 saturated heterocycles. The predicted octanol–water partition coefficient (Wildman–Crippen LogP) is 3.22. The van der Waals surface area contributed by atoms with Gasteiger partial charge in [0.2, 0.25) is 5.89 Å². The summed E-state index contributed by atoms with van der Waals surface area (Å²) in [5.41, 5.74) is 0.934. The van der Waals surface area contributed by atoms with Crippen molar-refractivity contribution < 1.29 is 23.5 Å². The smallest absolute Gasteiger partial charge is 0.255 e. The topological polar surface area (TPSA) is 86.9 Å². The first-order valence-corrected chi connectivity index (χ1v) is 10.8. The molecule has 0 radical (unpaired) electrons. The number of hydrogen-bond acceptors (Lipinski definition) is 5. The molecule has 1 N–H and O–H groups in total. The lowest BCUT2D eigenvalue weighted by molar-refractivity contribution is -0.150. The lowest BCUT2D eigenvalue weighted by Crippen LogP contribution is -2.62. The van der Waals surface area contributed by atoms with Crippen LogP contribution in [0.25, 0.3) is 22.6 Å². The number of fused-ring (bicyclic) bond motifs is 1. The SMILES string of the molecule is CC1CN(C(=O)c2ccc(-c3nc4ccc(F)cc4o3)cc2)C[C@H](C)N1C(=O)C1(O)CC1. The highest BCUT2D eigenvalue weighted by atomic mass is 19.1. The highest BCUT2D eigenvalue weighted by Gasteiger charge is 2.52. The van der Waals surface area contributed by atoms with E-state index in [-0.39, 0.29) is 23.9 Å². The van der Waals surface area contributed by atoms with Gasteiger partial charge >= 0.3 is 0 Å². The standard InChI is InChI=1S/C24H24FN3O4/c1-14-12-27(13-15(2)28(14)23(30)24(31)9-10-24)22(29)17-5-3-16(4-6-17)21-26-19-8-7-18(25)11-20(19)32-21/h3-8,11,14-15,31H,9-10,12-13H2,1-2H3/t14-,15?/m0/s1. The maximum Gasteiger partial charge on any atom is 0.255 e. The van der Waals surface area contributed by atoms with Gasteiger partial charge in [0.05, 0.1) is 0 Å². The van der Waals surface area contributed by atoms with Gasteiger partial charge in [-0.1, -0.05) is 0 Å². The monoisotopic (exact) mass is 437 g/mol. The van der Waals surface area contributed by atoms with Crippen LogP contribution in [0.4, 0.5) is 4.39 Å². The number of hydrogen-bond donors (Lipinski definition) is 1. The molecule has 2 heterocycles. The van der Waals surface area contributed by atoms with Crippen molar-refractivity contribution in [3.05, 3.63) is 53.8 Å². The number of aromatic nitrogens is 1. The Kier molecular flexibility index (Phi) is 4.78. The van der Waals surface area contributed by atoms with Crippen LogP contribution in [-0.2, 0) is 4.79 Å². The lowest BCUT2D eigenvalue weighted by Gasteiger charge is -2.45. The van der Waals surface area contributed by atoms with E-state index in [9.17, 15) is 19.1 Å². The summed E-state index contributed by atoms with van der Waals surface area (Å²) >= 11 is 0. The molecule has 3 aromatic rings. The van der Waals surface area contributed by atoms with Crippen LogP contribution < -0.4 is 0 Å². The second-order valence-corrected chi connectivity index (χ2v) is 8.86. The zero-order chi connectivity index (χ0) is 22.6. The van der Waals surface area contributed by atoms with E-state index in [2.05, 4.69) is 4.98 Å². The number of nitrogens with zero attached hydrogens (tertiary/aromatic N) is 3. The second kappa shape index (κ2) is 7.41. The third kappa shape index (κ3) is 3.54. The van der Waals surface area contributed by atoms with Crippen LogP contribution in [-0.4, -0.2) is 62.5 Å². The van der Waals surface area contributed by atoms with Crippen LogP contribution in [0.1, 0.15) is 37.0 Å². The fourth-order valence-corrected chi connectivity index (χ4v) is 4.42. The normalized spacial score (nSPS) is 22.2. The molecule has 2 amide bonds. The maximum atomic E-state index is 13.4. The van der Waals surface area contributed by atoms with Crippen LogP contribution in [0.5, 0.6) is 0 Å². The quantitative estimate of drug-likeness (QED) is 0.680. The maximum absolute atomic E-state index is 13.4. The Morgan fingerprint density at radius 2 is 1.75 bits per heavy atom. The van der Waals surface area contributed by atoms with Crippen LogP contribution >= 0.6 is 0 Å². The van der Waals surface area contributed by atoms with E-state index in [4.69, 9.17) is 4.42 Å².